The third-order valence-electron chi connectivity index (χ3n) is 6.15. The second kappa shape index (κ2) is 11.1. The number of amides is 1. The Morgan fingerprint density at radius 1 is 1.12 bits per heavy atom. The molecule has 0 bridgehead atoms. The minimum atomic E-state index is -0.319. The number of nitrogens with zero attached hydrogens (tertiary/aromatic N) is 2. The highest BCUT2D eigenvalue weighted by Crippen LogP contribution is 2.19. The van der Waals surface area contributed by atoms with Crippen LogP contribution in [0.25, 0.3) is 0 Å². The van der Waals surface area contributed by atoms with Crippen LogP contribution in [0.15, 0.2) is 65.6 Å². The van der Waals surface area contributed by atoms with Crippen molar-refractivity contribution in [1.29, 1.82) is 0 Å². The van der Waals surface area contributed by atoms with E-state index < -0.39 is 0 Å². The average molecular weight is 446 g/mol. The van der Waals surface area contributed by atoms with Crippen molar-refractivity contribution in [2.24, 2.45) is 0 Å². The Hall–Kier alpha value is -3.25. The van der Waals surface area contributed by atoms with Crippen LogP contribution in [0.1, 0.15) is 45.8 Å². The summed E-state index contributed by atoms with van der Waals surface area (Å²) in [7, 11) is 0. The van der Waals surface area contributed by atoms with E-state index in [0.29, 0.717) is 25.9 Å². The topological polar surface area (TPSA) is 73.2 Å². The van der Waals surface area contributed by atoms with Crippen LogP contribution in [0, 0.1) is 6.92 Å². The summed E-state index contributed by atoms with van der Waals surface area (Å²) in [4.78, 5) is 30.5. The standard InChI is InChI=1S/C27H31N3O3/c1-20-18-25(31)26(27(32)29-16-14-22-10-5-6-15-28-22)24(13-12-21-8-3-2-4-9-21)30(20)19-23-11-7-17-33-23/h2-6,8-10,15,18,23H,7,11-14,16-17,19H2,1H3,(H,29,32). The van der Waals surface area contributed by atoms with Crippen molar-refractivity contribution in [1.82, 2.24) is 14.9 Å². The van der Waals surface area contributed by atoms with Gasteiger partial charge in [-0.25, -0.2) is 0 Å². The molecule has 0 spiro atoms. The van der Waals surface area contributed by atoms with Gasteiger partial charge in [0.25, 0.3) is 5.91 Å². The zero-order chi connectivity index (χ0) is 23.0. The fraction of sp³-hybridized carbons (Fsp3) is 0.370. The van der Waals surface area contributed by atoms with E-state index in [2.05, 4.69) is 27.0 Å². The first-order chi connectivity index (χ1) is 16.1. The second-order valence-electron chi connectivity index (χ2n) is 8.53. The summed E-state index contributed by atoms with van der Waals surface area (Å²) < 4.78 is 7.99. The van der Waals surface area contributed by atoms with Gasteiger partial charge in [0.1, 0.15) is 5.56 Å². The molecule has 2 aromatic heterocycles. The molecule has 1 aromatic carbocycles. The van der Waals surface area contributed by atoms with Gasteiger partial charge in [-0.15, -0.1) is 0 Å². The minimum absolute atomic E-state index is 0.113. The van der Waals surface area contributed by atoms with Crippen molar-refractivity contribution in [3.05, 3.63) is 99.2 Å². The number of nitrogens with one attached hydrogen (secondary N) is 1. The molecule has 0 saturated carbocycles. The Morgan fingerprint density at radius 2 is 1.94 bits per heavy atom. The number of benzene rings is 1. The van der Waals surface area contributed by atoms with Gasteiger partial charge < -0.3 is 14.6 Å². The molecule has 1 atom stereocenters. The van der Waals surface area contributed by atoms with Gasteiger partial charge in [-0.05, 0) is 50.3 Å². The zero-order valence-electron chi connectivity index (χ0n) is 19.1. The van der Waals surface area contributed by atoms with Gasteiger partial charge in [0.05, 0.1) is 6.10 Å². The van der Waals surface area contributed by atoms with Crippen molar-refractivity contribution in [3.63, 3.8) is 0 Å². The van der Waals surface area contributed by atoms with Crippen molar-refractivity contribution < 1.29 is 9.53 Å². The van der Waals surface area contributed by atoms with E-state index in [1.807, 2.05) is 43.3 Å². The summed E-state index contributed by atoms with van der Waals surface area (Å²) in [6, 6.07) is 17.5. The summed E-state index contributed by atoms with van der Waals surface area (Å²) in [5.74, 6) is -0.319. The van der Waals surface area contributed by atoms with Gasteiger partial charge in [-0.1, -0.05) is 36.4 Å². The Labute approximate surface area is 194 Å². The molecular formula is C27H31N3O3. The molecule has 0 aliphatic carbocycles. The summed E-state index contributed by atoms with van der Waals surface area (Å²) >= 11 is 0. The first kappa shape index (κ1) is 22.9. The normalized spacial score (nSPS) is 15.5. The predicted octanol–water partition coefficient (Wildman–Crippen LogP) is 3.49. The second-order valence-corrected chi connectivity index (χ2v) is 8.53. The highest BCUT2D eigenvalue weighted by molar-refractivity contribution is 5.95. The van der Waals surface area contributed by atoms with E-state index in [-0.39, 0.29) is 23.0 Å². The zero-order valence-corrected chi connectivity index (χ0v) is 19.1. The lowest BCUT2D eigenvalue weighted by Gasteiger charge is -2.22. The van der Waals surface area contributed by atoms with Crippen LogP contribution in [-0.2, 0) is 30.5 Å². The number of aryl methyl sites for hydroxylation is 2. The number of aromatic nitrogens is 2. The third-order valence-corrected chi connectivity index (χ3v) is 6.15. The molecule has 1 amide bonds. The summed E-state index contributed by atoms with van der Waals surface area (Å²) in [5, 5.41) is 2.94. The number of ether oxygens (including phenoxy) is 1. The van der Waals surface area contributed by atoms with E-state index in [1.165, 1.54) is 5.56 Å². The number of hydrogen-bond acceptors (Lipinski definition) is 4. The molecule has 1 unspecified atom stereocenters. The van der Waals surface area contributed by atoms with Crippen LogP contribution in [0.2, 0.25) is 0 Å². The minimum Gasteiger partial charge on any atom is -0.376 e. The Bertz CT molecular complexity index is 1120. The molecule has 33 heavy (non-hydrogen) atoms. The lowest BCUT2D eigenvalue weighted by Crippen LogP contribution is -2.35. The monoisotopic (exact) mass is 445 g/mol. The van der Waals surface area contributed by atoms with Crippen LogP contribution in [0.5, 0.6) is 0 Å². The SMILES string of the molecule is Cc1cc(=O)c(C(=O)NCCc2ccccn2)c(CCc2ccccc2)n1CC1CCCO1. The summed E-state index contributed by atoms with van der Waals surface area (Å²) in [6.07, 6.45) is 5.87. The van der Waals surface area contributed by atoms with Crippen LogP contribution >= 0.6 is 0 Å². The average Bonchev–Trinajstić information content (AvgIpc) is 3.34. The smallest absolute Gasteiger partial charge is 0.257 e. The molecule has 3 heterocycles. The van der Waals surface area contributed by atoms with Crippen LogP contribution in [0.4, 0.5) is 0 Å². The van der Waals surface area contributed by atoms with E-state index >= 15 is 0 Å². The Morgan fingerprint density at radius 3 is 2.67 bits per heavy atom. The largest absolute Gasteiger partial charge is 0.376 e. The van der Waals surface area contributed by atoms with Gasteiger partial charge in [-0.2, -0.15) is 0 Å². The van der Waals surface area contributed by atoms with E-state index in [4.69, 9.17) is 4.74 Å². The maximum atomic E-state index is 13.2. The highest BCUT2D eigenvalue weighted by atomic mass is 16.5. The molecule has 1 N–H and O–H groups in total. The van der Waals surface area contributed by atoms with Crippen LogP contribution in [-0.4, -0.2) is 34.7 Å². The molecular weight excluding hydrogens is 414 g/mol. The van der Waals surface area contributed by atoms with Gasteiger partial charge in [0.15, 0.2) is 5.43 Å². The summed E-state index contributed by atoms with van der Waals surface area (Å²) in [5.41, 5.74) is 3.75. The van der Waals surface area contributed by atoms with Crippen molar-refractivity contribution in [2.45, 2.75) is 51.7 Å². The lowest BCUT2D eigenvalue weighted by molar-refractivity contribution is 0.0927. The molecule has 4 rings (SSSR count). The van der Waals surface area contributed by atoms with E-state index in [9.17, 15) is 9.59 Å². The quantitative estimate of drug-likeness (QED) is 0.547. The number of pyridine rings is 2. The number of carbonyl (C=O) groups is 1. The molecule has 0 radical (unpaired) electrons. The van der Waals surface area contributed by atoms with Crippen molar-refractivity contribution >= 4 is 5.91 Å². The molecule has 6 nitrogen and oxygen atoms in total. The van der Waals surface area contributed by atoms with Crippen LogP contribution < -0.4 is 10.7 Å². The molecule has 1 saturated heterocycles. The maximum Gasteiger partial charge on any atom is 0.257 e. The van der Waals surface area contributed by atoms with Crippen molar-refractivity contribution in [3.8, 4) is 0 Å². The van der Waals surface area contributed by atoms with Gasteiger partial charge in [0, 0.05) is 55.5 Å². The first-order valence-electron chi connectivity index (χ1n) is 11.7. The predicted molar refractivity (Wildman–Crippen MR) is 129 cm³/mol. The molecule has 1 aliphatic rings. The van der Waals surface area contributed by atoms with Gasteiger partial charge in [0.2, 0.25) is 0 Å². The molecule has 172 valence electrons. The van der Waals surface area contributed by atoms with Gasteiger partial charge in [-0.3, -0.25) is 14.6 Å². The number of hydrogen-bond donors (Lipinski definition) is 1. The third kappa shape index (κ3) is 5.96. The Balaban J connectivity index is 1.60. The molecule has 6 heteroatoms. The van der Waals surface area contributed by atoms with E-state index in [0.717, 1.165) is 43.0 Å². The Kier molecular flexibility index (Phi) is 7.68. The van der Waals surface area contributed by atoms with Crippen molar-refractivity contribution in [2.75, 3.05) is 13.2 Å². The number of carbonyl (C=O) groups excluding carboxylic acids is 1. The van der Waals surface area contributed by atoms with Gasteiger partial charge >= 0.3 is 0 Å². The highest BCUT2D eigenvalue weighted by Gasteiger charge is 2.23. The number of rotatable bonds is 9. The molecule has 1 fully saturated rings. The van der Waals surface area contributed by atoms with E-state index in [1.54, 1.807) is 12.3 Å². The fourth-order valence-corrected chi connectivity index (χ4v) is 4.42. The summed E-state index contributed by atoms with van der Waals surface area (Å²) in [6.45, 7) is 3.78. The maximum absolute atomic E-state index is 13.2. The fourth-order valence-electron chi connectivity index (χ4n) is 4.42. The lowest BCUT2D eigenvalue weighted by atomic mass is 10.0. The molecule has 3 aromatic rings. The molecule has 1 aliphatic heterocycles. The van der Waals surface area contributed by atoms with Crippen LogP contribution in [0.3, 0.4) is 0 Å². The first-order valence-corrected chi connectivity index (χ1v) is 11.7.